The van der Waals surface area contributed by atoms with Gasteiger partial charge in [-0.1, -0.05) is 26.7 Å². The van der Waals surface area contributed by atoms with Crippen molar-refractivity contribution in [2.45, 2.75) is 39.5 Å². The zero-order chi connectivity index (χ0) is 33.6. The average molecular weight is 646 g/mol. The topological polar surface area (TPSA) is 221 Å². The summed E-state index contributed by atoms with van der Waals surface area (Å²) in [5, 5.41) is 33.3. The van der Waals surface area contributed by atoms with Crippen LogP contribution in [0.25, 0.3) is 0 Å². The van der Waals surface area contributed by atoms with Crippen molar-refractivity contribution in [1.29, 1.82) is 0 Å². The van der Waals surface area contributed by atoms with E-state index in [1.165, 1.54) is 0 Å². The summed E-state index contributed by atoms with van der Waals surface area (Å²) in [5.74, 6) is -3.75. The highest BCUT2D eigenvalue weighted by Gasteiger charge is 2.21. The highest BCUT2D eigenvalue weighted by atomic mass is 16.7. The highest BCUT2D eigenvalue weighted by Crippen LogP contribution is 2.05. The fraction of sp³-hybridized carbons (Fsp3) is 0.786. The van der Waals surface area contributed by atoms with E-state index in [0.29, 0.717) is 25.6 Å². The molecule has 0 aromatic rings. The highest BCUT2D eigenvalue weighted by molar-refractivity contribution is 5.80. The second-order valence-electron chi connectivity index (χ2n) is 11.4. The Kier molecular flexibility index (Phi) is 20.3. The maximum absolute atomic E-state index is 12.7. The second-order valence-corrected chi connectivity index (χ2v) is 11.4. The van der Waals surface area contributed by atoms with Crippen molar-refractivity contribution in [3.63, 3.8) is 0 Å². The molecule has 17 heteroatoms. The van der Waals surface area contributed by atoms with Gasteiger partial charge < -0.3 is 26.0 Å². The van der Waals surface area contributed by atoms with Gasteiger partial charge in [-0.3, -0.25) is 53.2 Å². The number of hydroxylamine groups is 1. The summed E-state index contributed by atoms with van der Waals surface area (Å²) in [7, 11) is 0. The third-order valence-electron chi connectivity index (χ3n) is 6.97. The number of aliphatic carboxylic acids is 3. The quantitative estimate of drug-likeness (QED) is 0.0658. The molecule has 0 bridgehead atoms. The maximum Gasteiger partial charge on any atom is 0.317 e. The molecule has 258 valence electrons. The number of rotatable bonds is 19. The Balaban J connectivity index is 2.56. The van der Waals surface area contributed by atoms with Crippen LogP contribution in [0.1, 0.15) is 39.5 Å². The first-order chi connectivity index (χ1) is 21.3. The van der Waals surface area contributed by atoms with Crippen molar-refractivity contribution in [3.8, 4) is 0 Å². The number of hydrogen-bond donors (Lipinski definition) is 6. The van der Waals surface area contributed by atoms with Gasteiger partial charge in [0.15, 0.2) is 6.61 Å². The number of hydrogen-bond acceptors (Lipinski definition) is 11. The van der Waals surface area contributed by atoms with Crippen molar-refractivity contribution in [2.75, 3.05) is 98.2 Å². The lowest BCUT2D eigenvalue weighted by atomic mass is 10.1. The number of carboxylic acid groups (broad SMARTS) is 3. The molecule has 0 aromatic heterocycles. The smallest absolute Gasteiger partial charge is 0.317 e. The molecule has 1 rings (SSSR count). The van der Waals surface area contributed by atoms with E-state index in [4.69, 9.17) is 4.84 Å². The molecule has 6 N–H and O–H groups in total. The number of nitrogens with zero attached hydrogens (tertiary/aromatic N) is 4. The Bertz CT molecular complexity index is 921. The molecule has 0 radical (unpaired) electrons. The number of nitrogens with one attached hydrogen (secondary N) is 3. The first-order valence-electron chi connectivity index (χ1n) is 15.3. The van der Waals surface area contributed by atoms with E-state index in [9.17, 15) is 44.1 Å². The van der Waals surface area contributed by atoms with E-state index >= 15 is 0 Å². The van der Waals surface area contributed by atoms with Gasteiger partial charge in [0.1, 0.15) is 0 Å². The van der Waals surface area contributed by atoms with Gasteiger partial charge in [-0.25, -0.2) is 5.48 Å². The van der Waals surface area contributed by atoms with E-state index in [1.54, 1.807) is 19.6 Å². The van der Waals surface area contributed by atoms with Gasteiger partial charge in [-0.05, 0) is 12.3 Å². The van der Waals surface area contributed by atoms with Crippen molar-refractivity contribution in [3.05, 3.63) is 0 Å². The third-order valence-corrected chi connectivity index (χ3v) is 6.97. The van der Waals surface area contributed by atoms with Crippen LogP contribution in [0.5, 0.6) is 0 Å². The summed E-state index contributed by atoms with van der Waals surface area (Å²) >= 11 is 0. The van der Waals surface area contributed by atoms with Crippen molar-refractivity contribution in [1.82, 2.24) is 35.7 Å². The lowest BCUT2D eigenvalue weighted by Gasteiger charge is -2.32. The van der Waals surface area contributed by atoms with Crippen molar-refractivity contribution in [2.24, 2.45) is 5.92 Å². The fourth-order valence-electron chi connectivity index (χ4n) is 4.55. The van der Waals surface area contributed by atoms with Crippen molar-refractivity contribution < 1.29 is 48.9 Å². The molecule has 3 amide bonds. The van der Waals surface area contributed by atoms with Gasteiger partial charge in [0, 0.05) is 71.9 Å². The van der Waals surface area contributed by atoms with Crippen LogP contribution in [0, 0.1) is 5.92 Å². The number of amides is 3. The first kappa shape index (κ1) is 39.6. The van der Waals surface area contributed by atoms with Crippen LogP contribution < -0.4 is 16.1 Å². The Morgan fingerprint density at radius 2 is 1.02 bits per heavy atom. The molecule has 1 aliphatic heterocycles. The van der Waals surface area contributed by atoms with E-state index in [-0.39, 0.29) is 96.8 Å². The fourth-order valence-corrected chi connectivity index (χ4v) is 4.55. The number of unbranched alkanes of at least 4 members (excludes halogenated alkanes) is 1. The number of carbonyl (C=O) groups excluding carboxylic acids is 3. The van der Waals surface area contributed by atoms with Crippen LogP contribution in [-0.4, -0.2) is 169 Å². The van der Waals surface area contributed by atoms with Gasteiger partial charge in [0.25, 0.3) is 0 Å². The van der Waals surface area contributed by atoms with E-state index < -0.39 is 23.8 Å². The van der Waals surface area contributed by atoms with Crippen LogP contribution in [-0.2, 0) is 33.6 Å². The van der Waals surface area contributed by atoms with Gasteiger partial charge in [0.2, 0.25) is 17.7 Å². The first-order valence-corrected chi connectivity index (χ1v) is 15.3. The molecule has 0 atom stereocenters. The molecule has 0 unspecified atom stereocenters. The Hall–Kier alpha value is -3.38. The monoisotopic (exact) mass is 645 g/mol. The molecule has 45 heavy (non-hydrogen) atoms. The second kappa shape index (κ2) is 23.0. The molecule has 1 heterocycles. The van der Waals surface area contributed by atoms with Gasteiger partial charge in [0.05, 0.1) is 26.2 Å². The Morgan fingerprint density at radius 1 is 0.600 bits per heavy atom. The van der Waals surface area contributed by atoms with E-state index in [0.717, 1.165) is 19.3 Å². The molecule has 0 spiro atoms. The maximum atomic E-state index is 12.7. The van der Waals surface area contributed by atoms with E-state index in [1.807, 2.05) is 0 Å². The molecule has 0 saturated carbocycles. The van der Waals surface area contributed by atoms with Crippen LogP contribution >= 0.6 is 0 Å². The van der Waals surface area contributed by atoms with E-state index in [2.05, 4.69) is 30.0 Å². The molecule has 0 aromatic carbocycles. The molecule has 1 fully saturated rings. The van der Waals surface area contributed by atoms with Crippen LogP contribution in [0.4, 0.5) is 0 Å². The minimum absolute atomic E-state index is 0.0135. The zero-order valence-electron chi connectivity index (χ0n) is 26.5. The number of carbonyl (C=O) groups is 6. The summed E-state index contributed by atoms with van der Waals surface area (Å²) in [5.41, 5.74) is 2.17. The summed E-state index contributed by atoms with van der Waals surface area (Å²) in [4.78, 5) is 82.3. The third kappa shape index (κ3) is 21.9. The molecular weight excluding hydrogens is 594 g/mol. The predicted octanol–water partition coefficient (Wildman–Crippen LogP) is -2.04. The van der Waals surface area contributed by atoms with Gasteiger partial charge in [-0.15, -0.1) is 0 Å². The minimum Gasteiger partial charge on any atom is -0.480 e. The van der Waals surface area contributed by atoms with Crippen LogP contribution in [0.2, 0.25) is 0 Å². The largest absolute Gasteiger partial charge is 0.480 e. The summed E-state index contributed by atoms with van der Waals surface area (Å²) < 4.78 is 0. The lowest BCUT2D eigenvalue weighted by Crippen LogP contribution is -2.50. The SMILES string of the molecule is CC(C)CCCCNC(=O)CONC(=O)CCNC(=O)CN1CCN(CC(=O)O)CCN(CC(=O)O)CCN(CC(=O)O)CC1. The van der Waals surface area contributed by atoms with Gasteiger partial charge in [-0.2, -0.15) is 0 Å². The normalized spacial score (nSPS) is 16.3. The predicted molar refractivity (Wildman–Crippen MR) is 162 cm³/mol. The zero-order valence-corrected chi connectivity index (χ0v) is 26.5. The molecule has 1 aliphatic rings. The van der Waals surface area contributed by atoms with Crippen molar-refractivity contribution >= 4 is 35.6 Å². The number of carboxylic acids is 3. The molecule has 1 saturated heterocycles. The standard InChI is InChI=1S/C28H51N7O10/c1-22(2)5-3-4-7-29-25(38)21-45-31-23(36)6-8-30-24(37)17-32-9-11-33(18-26(39)40)13-15-35(20-28(43)44)16-14-34(12-10-32)19-27(41)42/h22H,3-21H2,1-2H3,(H,29,38)(H,30,37)(H,31,36)(H,39,40)(H,41,42)(H,43,44). The molecule has 0 aliphatic carbocycles. The van der Waals surface area contributed by atoms with Crippen LogP contribution in [0.3, 0.4) is 0 Å². The lowest BCUT2D eigenvalue weighted by molar-refractivity contribution is -0.140. The summed E-state index contributed by atoms with van der Waals surface area (Å²) in [6.45, 7) is 5.91. The molecule has 17 nitrogen and oxygen atoms in total. The summed E-state index contributed by atoms with van der Waals surface area (Å²) in [6, 6.07) is 0. The average Bonchev–Trinajstić information content (AvgIpc) is 2.93. The van der Waals surface area contributed by atoms with Crippen LogP contribution in [0.15, 0.2) is 0 Å². The Labute approximate surface area is 264 Å². The Morgan fingerprint density at radius 3 is 1.44 bits per heavy atom. The minimum atomic E-state index is -1.04. The van der Waals surface area contributed by atoms with Gasteiger partial charge >= 0.3 is 17.9 Å². The summed E-state index contributed by atoms with van der Waals surface area (Å²) in [6.07, 6.45) is 2.88. The molecular formula is C28H51N7O10.